The number of carbonyl (C=O) groups excluding carboxylic acids is 1. The highest BCUT2D eigenvalue weighted by Crippen LogP contribution is 2.26. The summed E-state index contributed by atoms with van der Waals surface area (Å²) in [6.07, 6.45) is 2.04. The van der Waals surface area contributed by atoms with Crippen LogP contribution < -0.4 is 10.6 Å². The van der Waals surface area contributed by atoms with Crippen LogP contribution in [0.3, 0.4) is 0 Å². The minimum absolute atomic E-state index is 0.0336. The Bertz CT molecular complexity index is 416. The van der Waals surface area contributed by atoms with Crippen LogP contribution in [0.15, 0.2) is 5.38 Å². The Labute approximate surface area is 112 Å². The molecule has 1 atom stereocenters. The maximum Gasteiger partial charge on any atom is 0.230 e. The first-order valence-corrected chi connectivity index (χ1v) is 7.32. The van der Waals surface area contributed by atoms with Crippen molar-refractivity contribution in [2.45, 2.75) is 39.0 Å². The van der Waals surface area contributed by atoms with E-state index in [0.717, 1.165) is 36.8 Å². The monoisotopic (exact) mass is 267 g/mol. The first-order valence-electron chi connectivity index (χ1n) is 6.44. The predicted molar refractivity (Wildman–Crippen MR) is 75.0 cm³/mol. The largest absolute Gasteiger partial charge is 0.316 e. The smallest absolute Gasteiger partial charge is 0.230 e. The molecule has 18 heavy (non-hydrogen) atoms. The summed E-state index contributed by atoms with van der Waals surface area (Å²) in [5, 5.41) is 8.93. The Balaban J connectivity index is 1.96. The van der Waals surface area contributed by atoms with E-state index in [4.69, 9.17) is 0 Å². The summed E-state index contributed by atoms with van der Waals surface area (Å²) in [5.41, 5.74) is 1.07. The average Bonchev–Trinajstić information content (AvgIpc) is 2.78. The number of aromatic nitrogens is 1. The van der Waals surface area contributed by atoms with Crippen LogP contribution in [0.2, 0.25) is 0 Å². The van der Waals surface area contributed by atoms with E-state index >= 15 is 0 Å². The molecular formula is C13H21N3OS. The molecular weight excluding hydrogens is 246 g/mol. The number of hydrogen-bond acceptors (Lipinski definition) is 4. The van der Waals surface area contributed by atoms with Gasteiger partial charge in [0.2, 0.25) is 5.91 Å². The van der Waals surface area contributed by atoms with Crippen molar-refractivity contribution >= 4 is 22.4 Å². The Morgan fingerprint density at radius 2 is 2.33 bits per heavy atom. The van der Waals surface area contributed by atoms with Gasteiger partial charge in [0.1, 0.15) is 0 Å². The number of piperidine rings is 1. The van der Waals surface area contributed by atoms with Crippen molar-refractivity contribution in [1.82, 2.24) is 10.3 Å². The summed E-state index contributed by atoms with van der Waals surface area (Å²) in [6.45, 7) is 8.18. The van der Waals surface area contributed by atoms with Gasteiger partial charge >= 0.3 is 0 Å². The molecule has 5 heteroatoms. The Morgan fingerprint density at radius 1 is 1.56 bits per heavy atom. The van der Waals surface area contributed by atoms with E-state index in [0.29, 0.717) is 0 Å². The summed E-state index contributed by atoms with van der Waals surface area (Å²) >= 11 is 1.51. The predicted octanol–water partition coefficient (Wildman–Crippen LogP) is 2.38. The van der Waals surface area contributed by atoms with Gasteiger partial charge in [-0.2, -0.15) is 0 Å². The van der Waals surface area contributed by atoms with Crippen molar-refractivity contribution in [3.8, 4) is 0 Å². The lowest BCUT2D eigenvalue weighted by Crippen LogP contribution is -2.37. The van der Waals surface area contributed by atoms with Crippen LogP contribution in [-0.4, -0.2) is 24.0 Å². The number of nitrogens with one attached hydrogen (secondary N) is 2. The third-order valence-corrected chi connectivity index (χ3v) is 3.93. The van der Waals surface area contributed by atoms with Crippen molar-refractivity contribution in [3.63, 3.8) is 0 Å². The van der Waals surface area contributed by atoms with Gasteiger partial charge in [-0.15, -0.1) is 11.3 Å². The number of nitrogens with zero attached hydrogens (tertiary/aromatic N) is 1. The van der Waals surface area contributed by atoms with Crippen molar-refractivity contribution in [1.29, 1.82) is 0 Å². The Hall–Kier alpha value is -0.940. The second-order valence-corrected chi connectivity index (χ2v) is 6.68. The zero-order valence-electron chi connectivity index (χ0n) is 11.2. The molecule has 0 spiro atoms. The van der Waals surface area contributed by atoms with Crippen LogP contribution in [0.5, 0.6) is 0 Å². The summed E-state index contributed by atoms with van der Waals surface area (Å²) in [5.74, 6) is 0.178. The standard InChI is InChI=1S/C13H21N3OS/c1-13(2,3)10-8-18-12(15-10)16-11(17)9-5-4-6-14-7-9/h8-9,14H,4-7H2,1-3H3,(H,15,16,17)/t9-/m1/s1. The van der Waals surface area contributed by atoms with Gasteiger partial charge in [-0.3, -0.25) is 4.79 Å². The third kappa shape index (κ3) is 3.29. The molecule has 100 valence electrons. The number of thiazole rings is 1. The van der Waals surface area contributed by atoms with E-state index in [1.54, 1.807) is 0 Å². The van der Waals surface area contributed by atoms with Gasteiger partial charge in [-0.1, -0.05) is 20.8 Å². The van der Waals surface area contributed by atoms with Crippen LogP contribution in [0.4, 0.5) is 5.13 Å². The second-order valence-electron chi connectivity index (χ2n) is 5.82. The molecule has 0 unspecified atom stereocenters. The minimum atomic E-state index is 0.0336. The number of carbonyl (C=O) groups is 1. The quantitative estimate of drug-likeness (QED) is 0.865. The number of rotatable bonds is 2. The molecule has 1 aliphatic rings. The van der Waals surface area contributed by atoms with E-state index in [-0.39, 0.29) is 17.2 Å². The molecule has 1 fully saturated rings. The van der Waals surface area contributed by atoms with Crippen LogP contribution in [0.1, 0.15) is 39.3 Å². The maximum absolute atomic E-state index is 12.0. The summed E-state index contributed by atoms with van der Waals surface area (Å²) in [7, 11) is 0. The van der Waals surface area contributed by atoms with Gasteiger partial charge in [0.05, 0.1) is 11.6 Å². The molecule has 0 aliphatic carbocycles. The molecule has 1 aliphatic heterocycles. The number of amides is 1. The van der Waals surface area contributed by atoms with Crippen molar-refractivity contribution in [2.24, 2.45) is 5.92 Å². The average molecular weight is 267 g/mol. The van der Waals surface area contributed by atoms with Crippen molar-refractivity contribution in [3.05, 3.63) is 11.1 Å². The Morgan fingerprint density at radius 3 is 2.89 bits per heavy atom. The lowest BCUT2D eigenvalue weighted by molar-refractivity contribution is -0.120. The van der Waals surface area contributed by atoms with E-state index in [1.807, 2.05) is 5.38 Å². The highest BCUT2D eigenvalue weighted by atomic mass is 32.1. The van der Waals surface area contributed by atoms with E-state index < -0.39 is 0 Å². The summed E-state index contributed by atoms with van der Waals surface area (Å²) < 4.78 is 0. The minimum Gasteiger partial charge on any atom is -0.316 e. The summed E-state index contributed by atoms with van der Waals surface area (Å²) in [4.78, 5) is 16.5. The van der Waals surface area contributed by atoms with E-state index in [2.05, 4.69) is 36.4 Å². The molecule has 1 amide bonds. The van der Waals surface area contributed by atoms with E-state index in [9.17, 15) is 4.79 Å². The molecule has 0 bridgehead atoms. The van der Waals surface area contributed by atoms with Crippen LogP contribution >= 0.6 is 11.3 Å². The fraction of sp³-hybridized carbons (Fsp3) is 0.692. The SMILES string of the molecule is CC(C)(C)c1csc(NC(=O)[C@@H]2CCCNC2)n1. The third-order valence-electron chi connectivity index (χ3n) is 3.17. The molecule has 1 saturated heterocycles. The molecule has 0 aromatic carbocycles. The molecule has 2 heterocycles. The molecule has 1 aromatic rings. The first kappa shape index (κ1) is 13.5. The Kier molecular flexibility index (Phi) is 4.02. The summed E-state index contributed by atoms with van der Waals surface area (Å²) in [6, 6.07) is 0. The zero-order valence-corrected chi connectivity index (χ0v) is 12.1. The zero-order chi connectivity index (χ0) is 13.2. The van der Waals surface area contributed by atoms with Crippen LogP contribution in [0, 0.1) is 5.92 Å². The van der Waals surface area contributed by atoms with Crippen LogP contribution in [-0.2, 0) is 10.2 Å². The van der Waals surface area contributed by atoms with Crippen LogP contribution in [0.25, 0.3) is 0 Å². The van der Waals surface area contributed by atoms with Crippen molar-refractivity contribution in [2.75, 3.05) is 18.4 Å². The van der Waals surface area contributed by atoms with Gasteiger partial charge < -0.3 is 10.6 Å². The van der Waals surface area contributed by atoms with Gasteiger partial charge in [-0.05, 0) is 19.4 Å². The van der Waals surface area contributed by atoms with Crippen molar-refractivity contribution < 1.29 is 4.79 Å². The first-order chi connectivity index (χ1) is 8.47. The highest BCUT2D eigenvalue weighted by molar-refractivity contribution is 7.13. The van der Waals surface area contributed by atoms with Gasteiger partial charge in [0, 0.05) is 17.3 Å². The van der Waals surface area contributed by atoms with Gasteiger partial charge in [0.25, 0.3) is 0 Å². The second kappa shape index (κ2) is 5.36. The molecule has 0 saturated carbocycles. The molecule has 1 aromatic heterocycles. The lowest BCUT2D eigenvalue weighted by Gasteiger charge is -2.21. The molecule has 4 nitrogen and oxygen atoms in total. The van der Waals surface area contributed by atoms with Gasteiger partial charge in [-0.25, -0.2) is 4.98 Å². The number of anilines is 1. The van der Waals surface area contributed by atoms with E-state index in [1.165, 1.54) is 11.3 Å². The fourth-order valence-electron chi connectivity index (χ4n) is 1.96. The molecule has 0 radical (unpaired) electrons. The molecule has 2 N–H and O–H groups in total. The lowest BCUT2D eigenvalue weighted by atomic mass is 9.93. The fourth-order valence-corrected chi connectivity index (χ4v) is 2.90. The van der Waals surface area contributed by atoms with Gasteiger partial charge in [0.15, 0.2) is 5.13 Å². The normalized spacial score (nSPS) is 20.7. The maximum atomic E-state index is 12.0. The highest BCUT2D eigenvalue weighted by Gasteiger charge is 2.23. The number of hydrogen-bond donors (Lipinski definition) is 2. The molecule has 2 rings (SSSR count). The topological polar surface area (TPSA) is 54.0 Å².